The van der Waals surface area contributed by atoms with Crippen molar-refractivity contribution in [3.63, 3.8) is 0 Å². The number of methoxy groups -OCH3 is 1. The maximum atomic E-state index is 5.94. The van der Waals surface area contributed by atoms with Crippen molar-refractivity contribution >= 4 is 17.3 Å². The van der Waals surface area contributed by atoms with Crippen molar-refractivity contribution in [1.29, 1.82) is 0 Å². The highest BCUT2D eigenvalue weighted by Crippen LogP contribution is 2.27. The monoisotopic (exact) mass is 243 g/mol. The van der Waals surface area contributed by atoms with Crippen LogP contribution in [0.3, 0.4) is 0 Å². The molecule has 1 aromatic carbocycles. The van der Waals surface area contributed by atoms with Gasteiger partial charge in [0.1, 0.15) is 5.75 Å². The lowest BCUT2D eigenvalue weighted by atomic mass is 10.2. The predicted molar refractivity (Wildman–Crippen MR) is 67.6 cm³/mol. The van der Waals surface area contributed by atoms with E-state index in [2.05, 4.69) is 12.2 Å². The van der Waals surface area contributed by atoms with E-state index in [1.54, 1.807) is 7.11 Å². The second kappa shape index (κ2) is 6.61. The molecule has 0 spiro atoms. The lowest BCUT2D eigenvalue weighted by molar-refractivity contribution is 0.141. The molecule has 16 heavy (non-hydrogen) atoms. The fraction of sp³-hybridized carbons (Fsp3) is 0.500. The smallest absolute Gasteiger partial charge is 0.139 e. The van der Waals surface area contributed by atoms with Crippen molar-refractivity contribution in [2.75, 3.05) is 25.6 Å². The van der Waals surface area contributed by atoms with Gasteiger partial charge in [-0.3, -0.25) is 0 Å². The van der Waals surface area contributed by atoms with Crippen LogP contribution >= 0.6 is 11.6 Å². The summed E-state index contributed by atoms with van der Waals surface area (Å²) in [5, 5.41) is 3.93. The topological polar surface area (TPSA) is 30.5 Å². The van der Waals surface area contributed by atoms with Crippen LogP contribution in [0.5, 0.6) is 5.75 Å². The van der Waals surface area contributed by atoms with Gasteiger partial charge in [-0.15, -0.1) is 0 Å². The molecule has 0 aliphatic carbocycles. The van der Waals surface area contributed by atoms with Crippen molar-refractivity contribution in [2.45, 2.75) is 19.9 Å². The quantitative estimate of drug-likeness (QED) is 0.833. The average molecular weight is 244 g/mol. The highest BCUT2D eigenvalue weighted by atomic mass is 35.5. The maximum Gasteiger partial charge on any atom is 0.139 e. The van der Waals surface area contributed by atoms with Gasteiger partial charge in [-0.2, -0.15) is 0 Å². The summed E-state index contributed by atoms with van der Waals surface area (Å²) in [6.07, 6.45) is 0. The van der Waals surface area contributed by atoms with Crippen LogP contribution in [0, 0.1) is 0 Å². The Labute approximate surface area is 102 Å². The molecule has 0 saturated heterocycles. The Morgan fingerprint density at radius 1 is 1.44 bits per heavy atom. The lowest BCUT2D eigenvalue weighted by Gasteiger charge is -2.15. The zero-order valence-electron chi connectivity index (χ0n) is 9.92. The van der Waals surface area contributed by atoms with E-state index in [0.717, 1.165) is 12.3 Å². The largest absolute Gasteiger partial charge is 0.495 e. The van der Waals surface area contributed by atoms with Crippen molar-refractivity contribution < 1.29 is 9.47 Å². The number of benzene rings is 1. The molecule has 0 heterocycles. The molecule has 0 radical (unpaired) electrons. The predicted octanol–water partition coefficient (Wildman–Crippen LogP) is 3.19. The third-order valence-electron chi connectivity index (χ3n) is 2.14. The third-order valence-corrected chi connectivity index (χ3v) is 2.45. The molecule has 0 fully saturated rings. The Balaban J connectivity index is 2.59. The summed E-state index contributed by atoms with van der Waals surface area (Å²) in [7, 11) is 1.61. The zero-order chi connectivity index (χ0) is 12.0. The summed E-state index contributed by atoms with van der Waals surface area (Å²) in [6.45, 7) is 5.46. The van der Waals surface area contributed by atoms with Gasteiger partial charge in [0.05, 0.1) is 18.7 Å². The van der Waals surface area contributed by atoms with Crippen LogP contribution in [-0.2, 0) is 4.74 Å². The molecule has 3 nitrogen and oxygen atoms in total. The molecule has 0 saturated carbocycles. The highest BCUT2D eigenvalue weighted by molar-refractivity contribution is 6.32. The first-order chi connectivity index (χ1) is 7.67. The van der Waals surface area contributed by atoms with Gasteiger partial charge in [0.25, 0.3) is 0 Å². The van der Waals surface area contributed by atoms with Crippen LogP contribution in [0.25, 0.3) is 0 Å². The molecule has 0 aliphatic heterocycles. The van der Waals surface area contributed by atoms with Gasteiger partial charge >= 0.3 is 0 Å². The van der Waals surface area contributed by atoms with Gasteiger partial charge in [0.15, 0.2) is 0 Å². The van der Waals surface area contributed by atoms with Crippen LogP contribution in [-0.4, -0.2) is 26.4 Å². The Hall–Kier alpha value is -0.930. The first kappa shape index (κ1) is 13.1. The van der Waals surface area contributed by atoms with Crippen molar-refractivity contribution in [3.05, 3.63) is 23.2 Å². The van der Waals surface area contributed by atoms with E-state index in [9.17, 15) is 0 Å². The Morgan fingerprint density at radius 3 is 2.81 bits per heavy atom. The summed E-state index contributed by atoms with van der Waals surface area (Å²) < 4.78 is 10.5. The second-order valence-corrected chi connectivity index (χ2v) is 3.96. The summed E-state index contributed by atoms with van der Waals surface area (Å²) in [5.41, 5.74) is 0.980. The van der Waals surface area contributed by atoms with Crippen molar-refractivity contribution in [2.24, 2.45) is 0 Å². The SMILES string of the molecule is CCOCC(C)Nc1ccc(Cl)c(OC)c1. The Bertz CT molecular complexity index is 331. The minimum atomic E-state index is 0.255. The number of hydrogen-bond acceptors (Lipinski definition) is 3. The van der Waals surface area contributed by atoms with Crippen LogP contribution in [0.2, 0.25) is 5.02 Å². The molecule has 1 atom stereocenters. The lowest BCUT2D eigenvalue weighted by Crippen LogP contribution is -2.21. The number of anilines is 1. The van der Waals surface area contributed by atoms with Gasteiger partial charge in [0.2, 0.25) is 0 Å². The first-order valence-electron chi connectivity index (χ1n) is 5.35. The second-order valence-electron chi connectivity index (χ2n) is 3.55. The first-order valence-corrected chi connectivity index (χ1v) is 5.73. The number of nitrogens with one attached hydrogen (secondary N) is 1. The normalized spacial score (nSPS) is 12.2. The molecular weight excluding hydrogens is 226 g/mol. The molecule has 0 amide bonds. The van der Waals surface area contributed by atoms with Gasteiger partial charge in [-0.25, -0.2) is 0 Å². The van der Waals surface area contributed by atoms with Gasteiger partial charge in [-0.05, 0) is 26.0 Å². The molecule has 0 aliphatic rings. The van der Waals surface area contributed by atoms with Crippen LogP contribution in [0.15, 0.2) is 18.2 Å². The van der Waals surface area contributed by atoms with Crippen LogP contribution in [0.4, 0.5) is 5.69 Å². The fourth-order valence-electron chi connectivity index (χ4n) is 1.37. The van der Waals surface area contributed by atoms with E-state index in [-0.39, 0.29) is 6.04 Å². The number of ether oxygens (including phenoxy) is 2. The summed E-state index contributed by atoms with van der Waals surface area (Å²) >= 11 is 5.94. The number of hydrogen-bond donors (Lipinski definition) is 1. The molecule has 90 valence electrons. The maximum absolute atomic E-state index is 5.94. The Kier molecular flexibility index (Phi) is 5.43. The van der Waals surface area contributed by atoms with Crippen molar-refractivity contribution in [3.8, 4) is 5.75 Å². The summed E-state index contributed by atoms with van der Waals surface area (Å²) in [4.78, 5) is 0. The zero-order valence-corrected chi connectivity index (χ0v) is 10.7. The van der Waals surface area contributed by atoms with E-state index in [4.69, 9.17) is 21.1 Å². The number of rotatable bonds is 6. The minimum absolute atomic E-state index is 0.255. The molecule has 1 rings (SSSR count). The number of halogens is 1. The molecule has 0 bridgehead atoms. The van der Waals surface area contributed by atoms with Gasteiger partial charge < -0.3 is 14.8 Å². The standard InChI is InChI=1S/C12H18ClNO2/c1-4-16-8-9(2)14-10-5-6-11(13)12(7-10)15-3/h5-7,9,14H,4,8H2,1-3H3. The van der Waals surface area contributed by atoms with E-state index in [0.29, 0.717) is 17.4 Å². The molecule has 4 heteroatoms. The van der Waals surface area contributed by atoms with Crippen molar-refractivity contribution in [1.82, 2.24) is 0 Å². The molecule has 1 N–H and O–H groups in total. The van der Waals surface area contributed by atoms with Crippen LogP contribution < -0.4 is 10.1 Å². The molecule has 0 aromatic heterocycles. The molecule has 1 aromatic rings. The van der Waals surface area contributed by atoms with E-state index < -0.39 is 0 Å². The minimum Gasteiger partial charge on any atom is -0.495 e. The van der Waals surface area contributed by atoms with E-state index in [1.165, 1.54) is 0 Å². The van der Waals surface area contributed by atoms with Crippen LogP contribution in [0.1, 0.15) is 13.8 Å². The van der Waals surface area contributed by atoms with Gasteiger partial charge in [-0.1, -0.05) is 11.6 Å². The Morgan fingerprint density at radius 2 is 2.19 bits per heavy atom. The fourth-order valence-corrected chi connectivity index (χ4v) is 1.57. The third kappa shape index (κ3) is 3.91. The molecular formula is C12H18ClNO2. The summed E-state index contributed by atoms with van der Waals surface area (Å²) in [5.74, 6) is 0.676. The van der Waals surface area contributed by atoms with E-state index >= 15 is 0 Å². The highest BCUT2D eigenvalue weighted by Gasteiger charge is 2.05. The van der Waals surface area contributed by atoms with Gasteiger partial charge in [0, 0.05) is 24.4 Å². The average Bonchev–Trinajstić information content (AvgIpc) is 2.29. The summed E-state index contributed by atoms with van der Waals surface area (Å²) in [6, 6.07) is 5.87. The van der Waals surface area contributed by atoms with E-state index in [1.807, 2.05) is 25.1 Å². The molecule has 1 unspecified atom stereocenters.